The molecule has 0 saturated heterocycles. The van der Waals surface area contributed by atoms with E-state index < -0.39 is 0 Å². The van der Waals surface area contributed by atoms with Gasteiger partial charge in [-0.15, -0.1) is 0 Å². The number of amides is 1. The average molecular weight is 315 g/mol. The molecule has 0 spiro atoms. The summed E-state index contributed by atoms with van der Waals surface area (Å²) in [5.41, 5.74) is 6.33. The van der Waals surface area contributed by atoms with Crippen molar-refractivity contribution in [2.24, 2.45) is 5.73 Å². The van der Waals surface area contributed by atoms with Crippen LogP contribution in [0.15, 0.2) is 22.7 Å². The van der Waals surface area contributed by atoms with Crippen LogP contribution in [0.5, 0.6) is 5.75 Å². The van der Waals surface area contributed by atoms with E-state index in [0.717, 1.165) is 15.8 Å². The van der Waals surface area contributed by atoms with Crippen LogP contribution < -0.4 is 15.8 Å². The second-order valence-electron chi connectivity index (χ2n) is 4.41. The summed E-state index contributed by atoms with van der Waals surface area (Å²) in [5, 5.41) is 3.23. The van der Waals surface area contributed by atoms with Crippen LogP contribution >= 0.6 is 15.9 Å². The molecule has 18 heavy (non-hydrogen) atoms. The normalized spacial score (nSPS) is 12.5. The second-order valence-corrected chi connectivity index (χ2v) is 5.27. The minimum Gasteiger partial charge on any atom is -0.496 e. The summed E-state index contributed by atoms with van der Waals surface area (Å²) in [5.74, 6) is 0.0635. The number of primary amides is 1. The molecule has 0 fully saturated rings. The van der Waals surface area contributed by atoms with Crippen molar-refractivity contribution < 1.29 is 9.53 Å². The highest BCUT2D eigenvalue weighted by Crippen LogP contribution is 2.28. The molecule has 0 bridgehead atoms. The third-order valence-electron chi connectivity index (χ3n) is 2.65. The van der Waals surface area contributed by atoms with Gasteiger partial charge in [-0.05, 0) is 33.6 Å². The summed E-state index contributed by atoms with van der Waals surface area (Å²) < 4.78 is 5.98. The Morgan fingerprint density at radius 3 is 2.61 bits per heavy atom. The van der Waals surface area contributed by atoms with Gasteiger partial charge in [0.05, 0.1) is 17.5 Å². The number of halogens is 1. The summed E-state index contributed by atoms with van der Waals surface area (Å²) in [6, 6.07) is 5.87. The topological polar surface area (TPSA) is 64.3 Å². The summed E-state index contributed by atoms with van der Waals surface area (Å²) >= 11 is 3.41. The van der Waals surface area contributed by atoms with E-state index in [9.17, 15) is 4.79 Å². The third kappa shape index (κ3) is 3.99. The van der Waals surface area contributed by atoms with Crippen molar-refractivity contribution in [1.82, 2.24) is 5.32 Å². The first kappa shape index (κ1) is 15.0. The maximum absolute atomic E-state index is 11.5. The Bertz CT molecular complexity index is 421. The number of rotatable bonds is 6. The first-order valence-corrected chi connectivity index (χ1v) is 6.61. The number of benzene rings is 1. The van der Waals surface area contributed by atoms with Crippen molar-refractivity contribution in [3.8, 4) is 5.75 Å². The zero-order valence-corrected chi connectivity index (χ0v) is 12.5. The summed E-state index contributed by atoms with van der Waals surface area (Å²) in [6.45, 7) is 4.59. The maximum Gasteiger partial charge on any atom is 0.226 e. The fourth-order valence-electron chi connectivity index (χ4n) is 1.64. The Morgan fingerprint density at radius 1 is 1.50 bits per heavy atom. The molecule has 0 aliphatic carbocycles. The average Bonchev–Trinajstić information content (AvgIpc) is 2.28. The highest BCUT2D eigenvalue weighted by Gasteiger charge is 2.19. The van der Waals surface area contributed by atoms with Gasteiger partial charge in [0.25, 0.3) is 0 Å². The van der Waals surface area contributed by atoms with E-state index in [1.807, 2.05) is 32.0 Å². The Morgan fingerprint density at radius 2 is 2.17 bits per heavy atom. The maximum atomic E-state index is 11.5. The fourth-order valence-corrected chi connectivity index (χ4v) is 2.19. The molecule has 3 N–H and O–H groups in total. The standard InChI is InChI=1S/C13H19BrN2O2/c1-8(2)16-7-10(13(15)17)9-4-5-12(18-3)11(14)6-9/h4-6,8,10,16H,7H2,1-3H3,(H2,15,17)/t10-/m1/s1. The number of methoxy groups -OCH3 is 1. The van der Waals surface area contributed by atoms with Crippen LogP contribution in [0.3, 0.4) is 0 Å². The van der Waals surface area contributed by atoms with Crippen molar-refractivity contribution >= 4 is 21.8 Å². The van der Waals surface area contributed by atoms with Gasteiger partial charge in [0, 0.05) is 12.6 Å². The molecule has 0 radical (unpaired) electrons. The molecule has 1 rings (SSSR count). The smallest absolute Gasteiger partial charge is 0.226 e. The number of nitrogens with one attached hydrogen (secondary N) is 1. The zero-order chi connectivity index (χ0) is 13.7. The van der Waals surface area contributed by atoms with Crippen LogP contribution in [-0.4, -0.2) is 25.6 Å². The predicted molar refractivity (Wildman–Crippen MR) is 75.8 cm³/mol. The van der Waals surface area contributed by atoms with Gasteiger partial charge in [-0.3, -0.25) is 4.79 Å². The minimum absolute atomic E-state index is 0.313. The molecule has 5 heteroatoms. The Labute approximate surface area is 116 Å². The lowest BCUT2D eigenvalue weighted by molar-refractivity contribution is -0.119. The lowest BCUT2D eigenvalue weighted by Gasteiger charge is -2.17. The highest BCUT2D eigenvalue weighted by atomic mass is 79.9. The third-order valence-corrected chi connectivity index (χ3v) is 3.27. The number of carbonyl (C=O) groups excluding carboxylic acids is 1. The zero-order valence-electron chi connectivity index (χ0n) is 10.9. The SMILES string of the molecule is COc1ccc([C@@H](CNC(C)C)C(N)=O)cc1Br. The van der Waals surface area contributed by atoms with Gasteiger partial charge in [0.15, 0.2) is 0 Å². The van der Waals surface area contributed by atoms with Crippen LogP contribution in [0.1, 0.15) is 25.3 Å². The quantitative estimate of drug-likeness (QED) is 0.844. The van der Waals surface area contributed by atoms with Crippen molar-refractivity contribution in [1.29, 1.82) is 0 Å². The summed E-state index contributed by atoms with van der Waals surface area (Å²) in [6.07, 6.45) is 0. The van der Waals surface area contributed by atoms with Gasteiger partial charge >= 0.3 is 0 Å². The highest BCUT2D eigenvalue weighted by molar-refractivity contribution is 9.10. The molecule has 1 aromatic carbocycles. The molecule has 4 nitrogen and oxygen atoms in total. The number of ether oxygens (including phenoxy) is 1. The van der Waals surface area contributed by atoms with Crippen LogP contribution in [0.4, 0.5) is 0 Å². The number of nitrogens with two attached hydrogens (primary N) is 1. The largest absolute Gasteiger partial charge is 0.496 e. The molecular formula is C13H19BrN2O2. The Balaban J connectivity index is 2.92. The van der Waals surface area contributed by atoms with E-state index in [-0.39, 0.29) is 11.8 Å². The number of hydrogen-bond donors (Lipinski definition) is 2. The predicted octanol–water partition coefficient (Wildman–Crippen LogP) is 2.02. The fraction of sp³-hybridized carbons (Fsp3) is 0.462. The minimum atomic E-state index is -0.338. The molecule has 1 aromatic rings. The van der Waals surface area contributed by atoms with E-state index in [1.54, 1.807) is 7.11 Å². The molecule has 100 valence electrons. The van der Waals surface area contributed by atoms with Crippen LogP contribution in [-0.2, 0) is 4.79 Å². The van der Waals surface area contributed by atoms with E-state index in [0.29, 0.717) is 12.6 Å². The molecule has 0 aliphatic heterocycles. The van der Waals surface area contributed by atoms with Gasteiger partial charge in [-0.2, -0.15) is 0 Å². The summed E-state index contributed by atoms with van der Waals surface area (Å²) in [4.78, 5) is 11.5. The van der Waals surface area contributed by atoms with Gasteiger partial charge in [-0.25, -0.2) is 0 Å². The molecular weight excluding hydrogens is 296 g/mol. The number of carbonyl (C=O) groups is 1. The first-order valence-electron chi connectivity index (χ1n) is 5.81. The Hall–Kier alpha value is -1.07. The molecule has 1 amide bonds. The summed E-state index contributed by atoms with van der Waals surface area (Å²) in [7, 11) is 1.60. The molecule has 0 saturated carbocycles. The van der Waals surface area contributed by atoms with E-state index in [2.05, 4.69) is 21.2 Å². The van der Waals surface area contributed by atoms with E-state index >= 15 is 0 Å². The van der Waals surface area contributed by atoms with E-state index in [1.165, 1.54) is 0 Å². The van der Waals surface area contributed by atoms with Crippen molar-refractivity contribution in [2.75, 3.05) is 13.7 Å². The lowest BCUT2D eigenvalue weighted by Crippen LogP contribution is -2.34. The van der Waals surface area contributed by atoms with Crippen LogP contribution in [0.25, 0.3) is 0 Å². The lowest BCUT2D eigenvalue weighted by atomic mass is 9.98. The van der Waals surface area contributed by atoms with Gasteiger partial charge in [-0.1, -0.05) is 19.9 Å². The monoisotopic (exact) mass is 314 g/mol. The van der Waals surface area contributed by atoms with Gasteiger partial charge < -0.3 is 15.8 Å². The van der Waals surface area contributed by atoms with Gasteiger partial charge in [0.2, 0.25) is 5.91 Å². The van der Waals surface area contributed by atoms with Crippen molar-refractivity contribution in [3.05, 3.63) is 28.2 Å². The first-order chi connectivity index (χ1) is 8.45. The second kappa shape index (κ2) is 6.75. The van der Waals surface area contributed by atoms with E-state index in [4.69, 9.17) is 10.5 Å². The van der Waals surface area contributed by atoms with Gasteiger partial charge in [0.1, 0.15) is 5.75 Å². The van der Waals surface area contributed by atoms with Crippen molar-refractivity contribution in [2.45, 2.75) is 25.8 Å². The molecule has 1 atom stereocenters. The number of hydrogen-bond acceptors (Lipinski definition) is 3. The molecule has 0 aromatic heterocycles. The van der Waals surface area contributed by atoms with Crippen LogP contribution in [0.2, 0.25) is 0 Å². The van der Waals surface area contributed by atoms with Crippen LogP contribution in [0, 0.1) is 0 Å². The Kier molecular flexibility index (Phi) is 5.62. The van der Waals surface area contributed by atoms with Crippen molar-refractivity contribution in [3.63, 3.8) is 0 Å². The molecule has 0 unspecified atom stereocenters. The molecule has 0 heterocycles. The molecule has 0 aliphatic rings.